The molecule has 262 valence electrons. The fraction of sp³-hybridized carbons (Fsp3) is 0.0408. The number of hydrogen-bond acceptors (Lipinski definition) is 5. The second-order valence-electron chi connectivity index (χ2n) is 14.2. The lowest BCUT2D eigenvalue weighted by atomic mass is 10.0. The number of para-hydroxylation sites is 2. The van der Waals surface area contributed by atoms with Gasteiger partial charge in [-0.25, -0.2) is 4.98 Å². The number of pyridine rings is 1. The topological polar surface area (TPSA) is 46.7 Å². The van der Waals surface area contributed by atoms with E-state index in [2.05, 4.69) is 173 Å². The average Bonchev–Trinajstić information content (AvgIpc) is 3.90. The zero-order valence-electron chi connectivity index (χ0n) is 30.1. The van der Waals surface area contributed by atoms with Crippen LogP contribution in [0.25, 0.3) is 60.7 Å². The largest absolute Gasteiger partial charge is 0.457 e. The van der Waals surface area contributed by atoms with Crippen LogP contribution >= 0.6 is 0 Å². The van der Waals surface area contributed by atoms with Crippen LogP contribution in [0.3, 0.4) is 0 Å². The number of ether oxygens (including phenoxy) is 1. The molecular formula is C49H34N4O2. The van der Waals surface area contributed by atoms with Gasteiger partial charge >= 0.3 is 0 Å². The van der Waals surface area contributed by atoms with Crippen LogP contribution in [0.4, 0.5) is 22.7 Å². The first-order valence-electron chi connectivity index (χ1n) is 18.5. The zero-order valence-corrected chi connectivity index (χ0v) is 30.1. The number of anilines is 4. The fourth-order valence-corrected chi connectivity index (χ4v) is 8.13. The van der Waals surface area contributed by atoms with E-state index in [1.807, 2.05) is 24.4 Å². The van der Waals surface area contributed by atoms with Gasteiger partial charge in [0.1, 0.15) is 35.2 Å². The van der Waals surface area contributed by atoms with Gasteiger partial charge in [-0.05, 0) is 84.8 Å². The van der Waals surface area contributed by atoms with Gasteiger partial charge < -0.3 is 19.0 Å². The maximum Gasteiger partial charge on any atom is 0.141 e. The summed E-state index contributed by atoms with van der Waals surface area (Å²) in [5.74, 6) is 2.29. The molecule has 10 aromatic rings. The first-order valence-corrected chi connectivity index (χ1v) is 18.5. The Hall–Kier alpha value is -7.31. The van der Waals surface area contributed by atoms with Crippen LogP contribution in [0, 0.1) is 6.92 Å². The molecule has 0 saturated carbocycles. The Morgan fingerprint density at radius 1 is 0.509 bits per heavy atom. The number of nitrogens with zero attached hydrogens (tertiary/aromatic N) is 4. The van der Waals surface area contributed by atoms with Crippen molar-refractivity contribution >= 4 is 66.5 Å². The van der Waals surface area contributed by atoms with Crippen molar-refractivity contribution in [3.05, 3.63) is 182 Å². The Kier molecular flexibility index (Phi) is 7.04. The summed E-state index contributed by atoms with van der Waals surface area (Å²) < 4.78 is 15.2. The van der Waals surface area contributed by atoms with Crippen LogP contribution in [0.15, 0.2) is 180 Å². The molecule has 0 aliphatic carbocycles. The van der Waals surface area contributed by atoms with Crippen LogP contribution in [-0.4, -0.2) is 16.2 Å². The van der Waals surface area contributed by atoms with E-state index in [4.69, 9.17) is 14.1 Å². The average molecular weight is 711 g/mol. The molecule has 1 aliphatic rings. The number of benzene rings is 7. The summed E-state index contributed by atoms with van der Waals surface area (Å²) in [7, 11) is 0. The highest BCUT2D eigenvalue weighted by Gasteiger charge is 2.29. The molecule has 0 saturated heterocycles. The fourth-order valence-electron chi connectivity index (χ4n) is 8.13. The molecule has 6 heteroatoms. The number of fused-ring (bicyclic) bond motifs is 7. The quantitative estimate of drug-likeness (QED) is 0.172. The van der Waals surface area contributed by atoms with Crippen LogP contribution in [0.2, 0.25) is 0 Å². The molecule has 0 radical (unpaired) electrons. The predicted octanol–water partition coefficient (Wildman–Crippen LogP) is 13.1. The third kappa shape index (κ3) is 5.22. The molecule has 0 bridgehead atoms. The Morgan fingerprint density at radius 3 is 2.16 bits per heavy atom. The van der Waals surface area contributed by atoms with Crippen molar-refractivity contribution in [1.82, 2.24) is 9.55 Å². The van der Waals surface area contributed by atoms with Gasteiger partial charge in [0.15, 0.2) is 0 Å². The normalized spacial score (nSPS) is 12.7. The van der Waals surface area contributed by atoms with Crippen LogP contribution in [0.5, 0.6) is 11.5 Å². The molecule has 55 heavy (non-hydrogen) atoms. The van der Waals surface area contributed by atoms with Gasteiger partial charge in [0.25, 0.3) is 0 Å². The molecular weight excluding hydrogens is 677 g/mol. The van der Waals surface area contributed by atoms with Crippen molar-refractivity contribution in [2.75, 3.05) is 16.5 Å². The first kappa shape index (κ1) is 31.2. The smallest absolute Gasteiger partial charge is 0.141 e. The van der Waals surface area contributed by atoms with E-state index in [0.29, 0.717) is 6.67 Å². The molecule has 1 aliphatic heterocycles. The minimum Gasteiger partial charge on any atom is -0.457 e. The first-order chi connectivity index (χ1) is 27.1. The summed E-state index contributed by atoms with van der Waals surface area (Å²) in [4.78, 5) is 9.72. The van der Waals surface area contributed by atoms with Crippen molar-refractivity contribution < 1.29 is 9.15 Å². The van der Waals surface area contributed by atoms with Gasteiger partial charge in [-0.15, -0.1) is 0 Å². The van der Waals surface area contributed by atoms with Gasteiger partial charge in [0, 0.05) is 57.3 Å². The van der Waals surface area contributed by atoms with E-state index in [0.717, 1.165) is 78.1 Å². The minimum absolute atomic E-state index is 0.676. The third-order valence-electron chi connectivity index (χ3n) is 10.8. The predicted molar refractivity (Wildman–Crippen MR) is 225 cm³/mol. The summed E-state index contributed by atoms with van der Waals surface area (Å²) in [6.45, 7) is 2.77. The number of aromatic nitrogens is 2. The van der Waals surface area contributed by atoms with Crippen LogP contribution in [0.1, 0.15) is 5.56 Å². The molecule has 6 nitrogen and oxygen atoms in total. The van der Waals surface area contributed by atoms with E-state index in [1.165, 1.54) is 22.4 Å². The molecule has 0 fully saturated rings. The summed E-state index contributed by atoms with van der Waals surface area (Å²) in [5, 5.41) is 4.37. The summed E-state index contributed by atoms with van der Waals surface area (Å²) >= 11 is 0. The van der Waals surface area contributed by atoms with Crippen molar-refractivity contribution in [2.24, 2.45) is 0 Å². The second kappa shape index (κ2) is 12.4. The number of aryl methyl sites for hydroxylation is 1. The van der Waals surface area contributed by atoms with Gasteiger partial charge in [0.05, 0.1) is 22.4 Å². The van der Waals surface area contributed by atoms with Crippen LogP contribution in [-0.2, 0) is 0 Å². The van der Waals surface area contributed by atoms with E-state index < -0.39 is 0 Å². The standard InChI is InChI=1S/C49H34N4O2/c1-32-19-24-47-41(25-32)42-30-50-49(29-48(42)55-47)53-43-18-9-8-17-39(43)40-22-21-38(28-45(40)53)54-37-16-10-15-36(27-37)52-31-51(35-13-6-3-7-14-35)44-23-20-34(26-46(44)52)33-11-4-2-5-12-33/h2-30H,31H2,1H3. The molecule has 0 unspecified atom stereocenters. The highest BCUT2D eigenvalue weighted by Crippen LogP contribution is 2.47. The summed E-state index contributed by atoms with van der Waals surface area (Å²) in [6, 6.07) is 59.4. The number of rotatable bonds is 6. The highest BCUT2D eigenvalue weighted by atomic mass is 16.5. The molecule has 4 heterocycles. The number of hydrogen-bond donors (Lipinski definition) is 0. The summed E-state index contributed by atoms with van der Waals surface area (Å²) in [5.41, 5.74) is 11.8. The van der Waals surface area contributed by atoms with Crippen molar-refractivity contribution in [2.45, 2.75) is 6.92 Å². The molecule has 0 spiro atoms. The van der Waals surface area contributed by atoms with E-state index in [-0.39, 0.29) is 0 Å². The lowest BCUT2D eigenvalue weighted by molar-refractivity contribution is 0.483. The molecule has 11 rings (SSSR count). The lowest BCUT2D eigenvalue weighted by Gasteiger charge is -2.22. The zero-order chi connectivity index (χ0) is 36.5. The minimum atomic E-state index is 0.676. The van der Waals surface area contributed by atoms with Crippen molar-refractivity contribution in [3.8, 4) is 28.4 Å². The molecule has 7 aromatic carbocycles. The van der Waals surface area contributed by atoms with E-state index in [1.54, 1.807) is 0 Å². The maximum atomic E-state index is 6.69. The number of furan rings is 1. The van der Waals surface area contributed by atoms with Crippen molar-refractivity contribution in [3.63, 3.8) is 0 Å². The van der Waals surface area contributed by atoms with Crippen molar-refractivity contribution in [1.29, 1.82) is 0 Å². The second-order valence-corrected chi connectivity index (χ2v) is 14.2. The monoisotopic (exact) mass is 710 g/mol. The van der Waals surface area contributed by atoms with Gasteiger partial charge in [-0.2, -0.15) is 0 Å². The van der Waals surface area contributed by atoms with Crippen LogP contribution < -0.4 is 14.5 Å². The Labute approximate surface area is 317 Å². The van der Waals surface area contributed by atoms with E-state index in [9.17, 15) is 0 Å². The van der Waals surface area contributed by atoms with Gasteiger partial charge in [-0.3, -0.25) is 4.57 Å². The van der Waals surface area contributed by atoms with Gasteiger partial charge in [-0.1, -0.05) is 90.5 Å². The Bertz CT molecular complexity index is 3080. The van der Waals surface area contributed by atoms with Gasteiger partial charge in [0.2, 0.25) is 0 Å². The molecule has 3 aromatic heterocycles. The third-order valence-corrected chi connectivity index (χ3v) is 10.8. The maximum absolute atomic E-state index is 6.69. The summed E-state index contributed by atoms with van der Waals surface area (Å²) in [6.07, 6.45) is 1.93. The highest BCUT2D eigenvalue weighted by molar-refractivity contribution is 6.10. The lowest BCUT2D eigenvalue weighted by Crippen LogP contribution is -2.23. The molecule has 0 N–H and O–H groups in total. The SMILES string of the molecule is Cc1ccc2oc3cc(-n4c5ccccc5c5ccc(Oc6cccc(N7CN(c8ccccc8)c8ccc(-c9ccccc9)cc87)c6)cc54)ncc3c2c1. The van der Waals surface area contributed by atoms with E-state index >= 15 is 0 Å². The Balaban J connectivity index is 0.978. The molecule has 0 amide bonds. The Morgan fingerprint density at radius 2 is 1.27 bits per heavy atom. The molecule has 0 atom stereocenters.